The van der Waals surface area contributed by atoms with Crippen LogP contribution in [0.1, 0.15) is 22.0 Å². The van der Waals surface area contributed by atoms with Crippen LogP contribution in [-0.4, -0.2) is 5.91 Å². The molecule has 112 valence electrons. The predicted octanol–water partition coefficient (Wildman–Crippen LogP) is 3.08. The van der Waals surface area contributed by atoms with Crippen molar-refractivity contribution in [2.75, 3.05) is 0 Å². The van der Waals surface area contributed by atoms with Crippen LogP contribution < -0.4 is 11.1 Å². The van der Waals surface area contributed by atoms with Gasteiger partial charge in [-0.3, -0.25) is 10.1 Å². The maximum atomic E-state index is 12.5. The average molecular weight is 314 g/mol. The van der Waals surface area contributed by atoms with Gasteiger partial charge in [0.05, 0.1) is 5.56 Å². The Hall–Kier alpha value is -1.86. The highest BCUT2D eigenvalue weighted by molar-refractivity contribution is 7.09. The summed E-state index contributed by atoms with van der Waals surface area (Å²) in [6, 6.07) is 7.35. The van der Waals surface area contributed by atoms with Gasteiger partial charge in [-0.25, -0.2) is 0 Å². The summed E-state index contributed by atoms with van der Waals surface area (Å²) in [7, 11) is 0. The van der Waals surface area contributed by atoms with E-state index in [-0.39, 0.29) is 0 Å². The second-order valence-electron chi connectivity index (χ2n) is 4.42. The molecular weight excluding hydrogens is 301 g/mol. The molecule has 1 amide bonds. The van der Waals surface area contributed by atoms with Crippen LogP contribution in [0.15, 0.2) is 41.8 Å². The Kier molecular flexibility index (Phi) is 4.64. The number of hydrogen-bond donors (Lipinski definition) is 2. The molecule has 3 N–H and O–H groups in total. The van der Waals surface area contributed by atoms with E-state index in [1.54, 1.807) is 0 Å². The molecule has 0 aliphatic rings. The molecule has 2 rings (SSSR count). The third kappa shape index (κ3) is 4.05. The molecular formula is C14H13F3N2OS. The van der Waals surface area contributed by atoms with Crippen LogP contribution in [0.25, 0.3) is 0 Å². The van der Waals surface area contributed by atoms with E-state index in [0.717, 1.165) is 17.0 Å². The quantitative estimate of drug-likeness (QED) is 0.891. The van der Waals surface area contributed by atoms with Gasteiger partial charge in [0.2, 0.25) is 5.91 Å². The molecule has 0 aliphatic carbocycles. The summed E-state index contributed by atoms with van der Waals surface area (Å²) >= 11 is 1.51. The van der Waals surface area contributed by atoms with Crippen molar-refractivity contribution < 1.29 is 18.0 Å². The predicted molar refractivity (Wildman–Crippen MR) is 74.5 cm³/mol. The van der Waals surface area contributed by atoms with Gasteiger partial charge >= 0.3 is 6.18 Å². The second kappa shape index (κ2) is 6.28. The van der Waals surface area contributed by atoms with Crippen LogP contribution in [0.3, 0.4) is 0 Å². The minimum absolute atomic E-state index is 0.409. The smallest absolute Gasteiger partial charge is 0.368 e. The van der Waals surface area contributed by atoms with Gasteiger partial charge in [-0.15, -0.1) is 11.3 Å². The van der Waals surface area contributed by atoms with Gasteiger partial charge in [-0.1, -0.05) is 18.2 Å². The Balaban J connectivity index is 2.12. The summed E-state index contributed by atoms with van der Waals surface area (Å²) in [5.41, 5.74) is 4.96. The fraction of sp³-hybridized carbons (Fsp3) is 0.214. The van der Waals surface area contributed by atoms with E-state index in [4.69, 9.17) is 5.73 Å². The van der Waals surface area contributed by atoms with Crippen LogP contribution in [-0.2, 0) is 17.5 Å². The lowest BCUT2D eigenvalue weighted by Gasteiger charge is -2.16. The maximum absolute atomic E-state index is 12.5. The fourth-order valence-corrected chi connectivity index (χ4v) is 2.52. The molecule has 0 fully saturated rings. The number of hydrogen-bond acceptors (Lipinski definition) is 3. The average Bonchev–Trinajstić information content (AvgIpc) is 2.91. The number of thiophene rings is 1. The van der Waals surface area contributed by atoms with Crippen molar-refractivity contribution in [1.82, 2.24) is 5.32 Å². The van der Waals surface area contributed by atoms with Crippen LogP contribution in [0.4, 0.5) is 13.2 Å². The minimum Gasteiger partial charge on any atom is -0.368 e. The van der Waals surface area contributed by atoms with E-state index >= 15 is 0 Å². The van der Waals surface area contributed by atoms with Crippen molar-refractivity contribution in [1.29, 1.82) is 0 Å². The first-order valence-electron chi connectivity index (χ1n) is 6.10. The number of halogens is 3. The monoisotopic (exact) mass is 314 g/mol. The van der Waals surface area contributed by atoms with E-state index in [9.17, 15) is 18.0 Å². The molecule has 0 spiro atoms. The molecule has 1 aromatic heterocycles. The van der Waals surface area contributed by atoms with Gasteiger partial charge in [0.1, 0.15) is 6.04 Å². The number of benzene rings is 1. The molecule has 1 unspecified atom stereocenters. The molecule has 7 heteroatoms. The second-order valence-corrected chi connectivity index (χ2v) is 5.45. The molecule has 1 heterocycles. The van der Waals surface area contributed by atoms with Gasteiger partial charge in [0.25, 0.3) is 0 Å². The Morgan fingerprint density at radius 3 is 2.38 bits per heavy atom. The van der Waals surface area contributed by atoms with Crippen LogP contribution in [0.5, 0.6) is 0 Å². The molecule has 3 nitrogen and oxygen atoms in total. The van der Waals surface area contributed by atoms with Gasteiger partial charge in [-0.05, 0) is 29.1 Å². The van der Waals surface area contributed by atoms with Crippen LogP contribution in [0, 0.1) is 0 Å². The molecule has 21 heavy (non-hydrogen) atoms. The zero-order chi connectivity index (χ0) is 15.5. The first-order valence-corrected chi connectivity index (χ1v) is 6.98. The minimum atomic E-state index is -4.40. The lowest BCUT2D eigenvalue weighted by atomic mass is 10.0. The van der Waals surface area contributed by atoms with Gasteiger partial charge < -0.3 is 5.73 Å². The van der Waals surface area contributed by atoms with Crippen molar-refractivity contribution in [2.45, 2.75) is 18.8 Å². The SMILES string of the molecule is NC(=O)C(NCc1cccs1)c1ccc(C(F)(F)F)cc1. The lowest BCUT2D eigenvalue weighted by Crippen LogP contribution is -2.33. The van der Waals surface area contributed by atoms with E-state index in [2.05, 4.69) is 5.32 Å². The van der Waals surface area contributed by atoms with E-state index < -0.39 is 23.7 Å². The highest BCUT2D eigenvalue weighted by Gasteiger charge is 2.30. The van der Waals surface area contributed by atoms with Crippen molar-refractivity contribution in [2.24, 2.45) is 5.73 Å². The van der Waals surface area contributed by atoms with E-state index in [1.807, 2.05) is 17.5 Å². The summed E-state index contributed by atoms with van der Waals surface area (Å²) in [4.78, 5) is 12.5. The number of carbonyl (C=O) groups is 1. The molecule has 1 atom stereocenters. The van der Waals surface area contributed by atoms with Crippen molar-refractivity contribution in [3.05, 3.63) is 57.8 Å². The summed E-state index contributed by atoms with van der Waals surface area (Å²) < 4.78 is 37.5. The first-order chi connectivity index (χ1) is 9.88. The van der Waals surface area contributed by atoms with Crippen molar-refractivity contribution in [3.8, 4) is 0 Å². The zero-order valence-corrected chi connectivity index (χ0v) is 11.7. The van der Waals surface area contributed by atoms with Gasteiger partial charge in [-0.2, -0.15) is 13.2 Å². The molecule has 0 radical (unpaired) electrons. The zero-order valence-electron chi connectivity index (χ0n) is 10.9. The third-order valence-electron chi connectivity index (χ3n) is 2.92. The van der Waals surface area contributed by atoms with Gasteiger partial charge in [0.15, 0.2) is 0 Å². The number of alkyl halides is 3. The fourth-order valence-electron chi connectivity index (χ4n) is 1.86. The largest absolute Gasteiger partial charge is 0.416 e. The molecule has 1 aromatic carbocycles. The summed E-state index contributed by atoms with van der Waals surface area (Å²) in [6.07, 6.45) is -4.40. The highest BCUT2D eigenvalue weighted by atomic mass is 32.1. The Morgan fingerprint density at radius 1 is 1.24 bits per heavy atom. The standard InChI is InChI=1S/C14H13F3N2OS/c15-14(16,17)10-5-3-9(4-6-10)12(13(18)20)19-8-11-2-1-7-21-11/h1-7,12,19H,8H2,(H2,18,20). The number of amides is 1. The topological polar surface area (TPSA) is 55.1 Å². The Labute approximate surface area is 123 Å². The Morgan fingerprint density at radius 2 is 1.90 bits per heavy atom. The lowest BCUT2D eigenvalue weighted by molar-refractivity contribution is -0.137. The third-order valence-corrected chi connectivity index (χ3v) is 3.79. The number of nitrogens with two attached hydrogens (primary N) is 1. The van der Waals surface area contributed by atoms with Crippen molar-refractivity contribution >= 4 is 17.2 Å². The van der Waals surface area contributed by atoms with E-state index in [1.165, 1.54) is 23.5 Å². The molecule has 0 saturated heterocycles. The number of nitrogens with one attached hydrogen (secondary N) is 1. The number of primary amides is 1. The van der Waals surface area contributed by atoms with Crippen LogP contribution >= 0.6 is 11.3 Å². The molecule has 2 aromatic rings. The molecule has 0 aliphatic heterocycles. The van der Waals surface area contributed by atoms with Gasteiger partial charge in [0, 0.05) is 11.4 Å². The van der Waals surface area contributed by atoms with E-state index in [0.29, 0.717) is 12.1 Å². The normalized spacial score (nSPS) is 13.1. The number of rotatable bonds is 5. The summed E-state index contributed by atoms with van der Waals surface area (Å²) in [6.45, 7) is 0.423. The molecule has 0 saturated carbocycles. The maximum Gasteiger partial charge on any atom is 0.416 e. The van der Waals surface area contributed by atoms with Crippen molar-refractivity contribution in [3.63, 3.8) is 0 Å². The van der Waals surface area contributed by atoms with Crippen LogP contribution in [0.2, 0.25) is 0 Å². The Bertz CT molecular complexity index is 594. The summed E-state index contributed by atoms with van der Waals surface area (Å²) in [5.74, 6) is -0.633. The summed E-state index contributed by atoms with van der Waals surface area (Å²) in [5, 5.41) is 4.85. The first kappa shape index (κ1) is 15.5. The number of carbonyl (C=O) groups excluding carboxylic acids is 1. The highest BCUT2D eigenvalue weighted by Crippen LogP contribution is 2.30. The molecule has 0 bridgehead atoms.